The number of allylic oxidation sites excluding steroid dienone is 1. The van der Waals surface area contributed by atoms with Crippen LogP contribution in [0.1, 0.15) is 58.8 Å². The van der Waals surface area contributed by atoms with Gasteiger partial charge in [-0.05, 0) is 73.2 Å². The Kier molecular flexibility index (Phi) is 5.08. The molecule has 0 heterocycles. The topological polar surface area (TPSA) is 118 Å². The summed E-state index contributed by atoms with van der Waals surface area (Å²) in [6, 6.07) is 0. The van der Waals surface area contributed by atoms with Gasteiger partial charge in [-0.2, -0.15) is 8.42 Å². The minimum Gasteiger partial charge on any atom is -0.393 e. The summed E-state index contributed by atoms with van der Waals surface area (Å²) in [5.74, 6) is 0.0886. The quantitative estimate of drug-likeness (QED) is 0.663. The van der Waals surface area contributed by atoms with E-state index in [1.54, 1.807) is 6.08 Å². The summed E-state index contributed by atoms with van der Waals surface area (Å²) in [6.07, 6.45) is 6.26. The lowest BCUT2D eigenvalue weighted by atomic mass is 9.46. The van der Waals surface area contributed by atoms with E-state index in [9.17, 15) is 23.1 Å². The van der Waals surface area contributed by atoms with Crippen molar-refractivity contribution in [1.29, 1.82) is 0 Å². The second-order valence-electron chi connectivity index (χ2n) is 9.95. The van der Waals surface area contributed by atoms with Crippen LogP contribution in [0.2, 0.25) is 0 Å². The van der Waals surface area contributed by atoms with Crippen molar-refractivity contribution in [2.75, 3.05) is 6.61 Å². The van der Waals surface area contributed by atoms with Crippen LogP contribution in [0.3, 0.4) is 0 Å². The van der Waals surface area contributed by atoms with Gasteiger partial charge >= 0.3 is 10.4 Å². The lowest BCUT2D eigenvalue weighted by molar-refractivity contribution is -0.146. The van der Waals surface area contributed by atoms with E-state index in [0.29, 0.717) is 19.3 Å². The number of carbonyl (C=O) groups excluding carboxylic acids is 2. The zero-order chi connectivity index (χ0) is 21.2. The predicted molar refractivity (Wildman–Crippen MR) is 104 cm³/mol. The Balaban J connectivity index is 1.60. The number of Topliss-reactive ketones (excluding diaryl/α,β-unsaturated/α-hetero) is 1. The van der Waals surface area contributed by atoms with Gasteiger partial charge in [0.05, 0.1) is 6.10 Å². The van der Waals surface area contributed by atoms with Crippen LogP contribution >= 0.6 is 0 Å². The van der Waals surface area contributed by atoms with E-state index in [2.05, 4.69) is 11.1 Å². The monoisotopic (exact) mass is 426 g/mol. The maximum atomic E-state index is 12.7. The Labute approximate surface area is 171 Å². The highest BCUT2D eigenvalue weighted by Gasteiger charge is 2.62. The second-order valence-corrected chi connectivity index (χ2v) is 11.0. The SMILES string of the molecule is C[C@]12CCC(=O)C=C1CCC1C2[C@@H](O)C[C@@]2(C)C1CC[C@@H]2C(=O)COS(=O)(=O)O. The highest BCUT2D eigenvalue weighted by molar-refractivity contribution is 7.80. The Hall–Kier alpha value is -1.09. The summed E-state index contributed by atoms with van der Waals surface area (Å²) >= 11 is 0. The summed E-state index contributed by atoms with van der Waals surface area (Å²) in [4.78, 5) is 24.7. The molecular formula is C21H30O7S. The summed E-state index contributed by atoms with van der Waals surface area (Å²) < 4.78 is 34.8. The molecule has 0 radical (unpaired) electrons. The highest BCUT2D eigenvalue weighted by Crippen LogP contribution is 2.66. The molecule has 3 saturated carbocycles. The first-order chi connectivity index (χ1) is 13.5. The van der Waals surface area contributed by atoms with Crippen LogP contribution in [0.15, 0.2) is 11.6 Å². The lowest BCUT2D eigenvalue weighted by Gasteiger charge is -2.59. The van der Waals surface area contributed by atoms with Crippen LogP contribution in [0.5, 0.6) is 0 Å². The number of hydrogen-bond donors (Lipinski definition) is 2. The minimum atomic E-state index is -4.66. The van der Waals surface area contributed by atoms with Crippen LogP contribution in [0, 0.1) is 34.5 Å². The molecule has 3 fully saturated rings. The molecular weight excluding hydrogens is 396 g/mol. The van der Waals surface area contributed by atoms with Gasteiger partial charge in [-0.25, -0.2) is 4.18 Å². The Morgan fingerprint density at radius 3 is 2.66 bits per heavy atom. The summed E-state index contributed by atoms with van der Waals surface area (Å²) in [5, 5.41) is 11.3. The van der Waals surface area contributed by atoms with Crippen molar-refractivity contribution >= 4 is 22.0 Å². The van der Waals surface area contributed by atoms with E-state index in [4.69, 9.17) is 4.55 Å². The zero-order valence-electron chi connectivity index (χ0n) is 17.0. The molecule has 0 saturated heterocycles. The summed E-state index contributed by atoms with van der Waals surface area (Å²) in [5.41, 5.74) is 0.584. The van der Waals surface area contributed by atoms with Gasteiger partial charge in [0.15, 0.2) is 11.6 Å². The third kappa shape index (κ3) is 3.42. The fraction of sp³-hybridized carbons (Fsp3) is 0.810. The van der Waals surface area contributed by atoms with Crippen molar-refractivity contribution in [3.63, 3.8) is 0 Å². The van der Waals surface area contributed by atoms with Gasteiger partial charge in [-0.3, -0.25) is 14.1 Å². The van der Waals surface area contributed by atoms with Gasteiger partial charge < -0.3 is 5.11 Å². The standard InChI is InChI=1S/C21H30O7S/c1-20-8-7-13(22)9-12(20)3-4-14-15-5-6-16(18(24)11-28-29(25,26)27)21(15,2)10-17(23)19(14)20/h9,14-17,19,23H,3-8,10-11H2,1-2H3,(H,25,26,27)/t14?,15?,16-,17+,19?,20+,21+/m1/s1. The molecule has 0 aromatic rings. The lowest BCUT2D eigenvalue weighted by Crippen LogP contribution is -2.57. The van der Waals surface area contributed by atoms with Gasteiger partial charge in [-0.15, -0.1) is 0 Å². The van der Waals surface area contributed by atoms with E-state index < -0.39 is 28.5 Å². The molecule has 7 atom stereocenters. The van der Waals surface area contributed by atoms with Crippen molar-refractivity contribution in [3.8, 4) is 0 Å². The normalized spacial score (nSPS) is 44.5. The van der Waals surface area contributed by atoms with Crippen LogP contribution in [0.4, 0.5) is 0 Å². The number of hydrogen-bond acceptors (Lipinski definition) is 6. The average Bonchev–Trinajstić information content (AvgIpc) is 2.96. The molecule has 4 rings (SSSR count). The molecule has 162 valence electrons. The number of aliphatic hydroxyl groups excluding tert-OH is 1. The number of fused-ring (bicyclic) bond motifs is 5. The molecule has 0 amide bonds. The molecule has 0 aliphatic heterocycles. The summed E-state index contributed by atoms with van der Waals surface area (Å²) in [7, 11) is -4.66. The first-order valence-corrected chi connectivity index (χ1v) is 11.9. The predicted octanol–water partition coefficient (Wildman–Crippen LogP) is 2.49. The smallest absolute Gasteiger partial charge is 0.393 e. The maximum Gasteiger partial charge on any atom is 0.397 e. The van der Waals surface area contributed by atoms with E-state index in [1.165, 1.54) is 5.57 Å². The van der Waals surface area contributed by atoms with E-state index >= 15 is 0 Å². The minimum absolute atomic E-state index is 0.0802. The van der Waals surface area contributed by atoms with Crippen LogP contribution in [-0.4, -0.2) is 42.4 Å². The maximum absolute atomic E-state index is 12.7. The van der Waals surface area contributed by atoms with Crippen LogP contribution in [0.25, 0.3) is 0 Å². The molecule has 0 aromatic carbocycles. The van der Waals surface area contributed by atoms with Gasteiger partial charge in [0.2, 0.25) is 0 Å². The molecule has 8 heteroatoms. The van der Waals surface area contributed by atoms with Crippen molar-refractivity contribution in [2.24, 2.45) is 34.5 Å². The van der Waals surface area contributed by atoms with Gasteiger partial charge in [-0.1, -0.05) is 19.4 Å². The first-order valence-electron chi connectivity index (χ1n) is 10.5. The number of aliphatic hydroxyl groups is 1. The molecule has 7 nitrogen and oxygen atoms in total. The number of carbonyl (C=O) groups is 2. The molecule has 4 aliphatic rings. The second kappa shape index (κ2) is 6.97. The number of rotatable bonds is 4. The van der Waals surface area contributed by atoms with E-state index in [-0.39, 0.29) is 40.7 Å². The number of ketones is 2. The van der Waals surface area contributed by atoms with E-state index in [0.717, 1.165) is 25.7 Å². The Bertz CT molecular complexity index is 862. The van der Waals surface area contributed by atoms with Crippen molar-refractivity contribution < 1.29 is 31.8 Å². The van der Waals surface area contributed by atoms with Gasteiger partial charge in [0.25, 0.3) is 0 Å². The van der Waals surface area contributed by atoms with Crippen molar-refractivity contribution in [1.82, 2.24) is 0 Å². The Morgan fingerprint density at radius 1 is 1.24 bits per heavy atom. The third-order valence-electron chi connectivity index (χ3n) is 8.63. The zero-order valence-corrected chi connectivity index (χ0v) is 17.8. The highest BCUT2D eigenvalue weighted by atomic mass is 32.3. The third-order valence-corrected chi connectivity index (χ3v) is 9.05. The van der Waals surface area contributed by atoms with Crippen molar-refractivity contribution in [2.45, 2.75) is 64.9 Å². The van der Waals surface area contributed by atoms with E-state index in [1.807, 2.05) is 6.92 Å². The van der Waals surface area contributed by atoms with Gasteiger partial charge in [0.1, 0.15) is 6.61 Å². The summed E-state index contributed by atoms with van der Waals surface area (Å²) in [6.45, 7) is 3.56. The fourth-order valence-electron chi connectivity index (χ4n) is 7.45. The van der Waals surface area contributed by atoms with Crippen LogP contribution in [-0.2, 0) is 24.2 Å². The molecule has 0 aromatic heterocycles. The Morgan fingerprint density at radius 2 is 1.97 bits per heavy atom. The van der Waals surface area contributed by atoms with Crippen LogP contribution < -0.4 is 0 Å². The fourth-order valence-corrected chi connectivity index (χ4v) is 7.71. The van der Waals surface area contributed by atoms with Crippen molar-refractivity contribution in [3.05, 3.63) is 11.6 Å². The molecule has 2 N–H and O–H groups in total. The molecule has 0 bridgehead atoms. The average molecular weight is 427 g/mol. The van der Waals surface area contributed by atoms with Gasteiger partial charge in [0, 0.05) is 12.3 Å². The molecule has 4 aliphatic carbocycles. The molecule has 3 unspecified atom stereocenters. The molecule has 29 heavy (non-hydrogen) atoms. The molecule has 0 spiro atoms. The largest absolute Gasteiger partial charge is 0.397 e. The first kappa shape index (κ1) is 21.2.